The van der Waals surface area contributed by atoms with Gasteiger partial charge in [0.25, 0.3) is 0 Å². The lowest BCUT2D eigenvalue weighted by molar-refractivity contribution is 0.0992. The number of benzene rings is 1. The van der Waals surface area contributed by atoms with E-state index in [2.05, 4.69) is 15.3 Å². The fourth-order valence-corrected chi connectivity index (χ4v) is 1.62. The molecule has 0 aliphatic heterocycles. The molecule has 0 unspecified atom stereocenters. The molecule has 0 radical (unpaired) electrons. The Bertz CT molecular complexity index is 518. The lowest BCUT2D eigenvalue weighted by Crippen LogP contribution is -2.12. The smallest absolute Gasteiger partial charge is 0.137 e. The first-order chi connectivity index (χ1) is 8.81. The number of nitrogen functional groups attached to an aromatic ring is 1. The van der Waals surface area contributed by atoms with E-state index in [0.717, 1.165) is 16.7 Å². The molecule has 0 spiro atoms. The summed E-state index contributed by atoms with van der Waals surface area (Å²) in [4.78, 5) is 8.35. The number of aliphatic hydroxyl groups is 1. The fraction of sp³-hybridized carbons (Fsp3) is 0.333. The Balaban J connectivity index is 2.05. The van der Waals surface area contributed by atoms with Crippen molar-refractivity contribution in [1.82, 2.24) is 9.97 Å². The van der Waals surface area contributed by atoms with E-state index in [-0.39, 0.29) is 6.61 Å². The van der Waals surface area contributed by atoms with Gasteiger partial charge in [-0.3, -0.25) is 0 Å². The summed E-state index contributed by atoms with van der Waals surface area (Å²) in [6.45, 7) is 1.50. The molecule has 96 valence electrons. The van der Waals surface area contributed by atoms with E-state index in [1.54, 1.807) is 0 Å². The molecule has 1 heterocycles. The van der Waals surface area contributed by atoms with Crippen LogP contribution in [0.25, 0.3) is 10.9 Å². The standard InChI is InChI=1S/C12H16N4O2/c13-9-1-2-11-10(7-9)12(16-8-15-11)14-3-5-18-6-4-17/h1-2,7-8,17H,3-6,13H2,(H,14,15,16). The third-order valence-electron chi connectivity index (χ3n) is 2.43. The van der Waals surface area contributed by atoms with Crippen molar-refractivity contribution in [2.24, 2.45) is 0 Å². The van der Waals surface area contributed by atoms with Gasteiger partial charge in [0.05, 0.1) is 25.3 Å². The molecule has 0 amide bonds. The zero-order chi connectivity index (χ0) is 12.8. The molecule has 6 heteroatoms. The number of nitrogens with zero attached hydrogens (tertiary/aromatic N) is 2. The average Bonchev–Trinajstić information content (AvgIpc) is 2.39. The number of rotatable bonds is 6. The maximum Gasteiger partial charge on any atom is 0.137 e. The van der Waals surface area contributed by atoms with Gasteiger partial charge in [0.15, 0.2) is 0 Å². The SMILES string of the molecule is Nc1ccc2ncnc(NCCOCCO)c2c1. The lowest BCUT2D eigenvalue weighted by Gasteiger charge is -2.08. The van der Waals surface area contributed by atoms with Crippen molar-refractivity contribution in [2.75, 3.05) is 37.4 Å². The molecule has 0 aliphatic rings. The third-order valence-corrected chi connectivity index (χ3v) is 2.43. The first-order valence-electron chi connectivity index (χ1n) is 5.74. The van der Waals surface area contributed by atoms with Crippen molar-refractivity contribution in [3.63, 3.8) is 0 Å². The number of aromatic nitrogens is 2. The van der Waals surface area contributed by atoms with E-state index in [4.69, 9.17) is 15.6 Å². The van der Waals surface area contributed by atoms with E-state index in [0.29, 0.717) is 25.4 Å². The van der Waals surface area contributed by atoms with E-state index < -0.39 is 0 Å². The first kappa shape index (κ1) is 12.5. The predicted octanol–water partition coefficient (Wildman–Crippen LogP) is 0.633. The highest BCUT2D eigenvalue weighted by molar-refractivity contribution is 5.91. The van der Waals surface area contributed by atoms with Gasteiger partial charge in [-0.2, -0.15) is 0 Å². The predicted molar refractivity (Wildman–Crippen MR) is 70.3 cm³/mol. The fourth-order valence-electron chi connectivity index (χ4n) is 1.62. The summed E-state index contributed by atoms with van der Waals surface area (Å²) in [7, 11) is 0. The van der Waals surface area contributed by atoms with E-state index in [9.17, 15) is 0 Å². The third kappa shape index (κ3) is 3.06. The molecule has 0 aliphatic carbocycles. The van der Waals surface area contributed by atoms with Crippen LogP contribution >= 0.6 is 0 Å². The molecular weight excluding hydrogens is 232 g/mol. The number of nitrogens with two attached hydrogens (primary N) is 1. The summed E-state index contributed by atoms with van der Waals surface area (Å²) in [5.41, 5.74) is 7.27. The minimum Gasteiger partial charge on any atom is -0.399 e. The van der Waals surface area contributed by atoms with Crippen LogP contribution in [0.15, 0.2) is 24.5 Å². The van der Waals surface area contributed by atoms with Gasteiger partial charge in [0.2, 0.25) is 0 Å². The maximum absolute atomic E-state index is 8.57. The van der Waals surface area contributed by atoms with Crippen molar-refractivity contribution in [3.8, 4) is 0 Å². The molecule has 1 aromatic heterocycles. The number of nitrogens with one attached hydrogen (secondary N) is 1. The maximum atomic E-state index is 8.57. The highest BCUT2D eigenvalue weighted by Gasteiger charge is 2.03. The number of aliphatic hydroxyl groups excluding tert-OH is 1. The lowest BCUT2D eigenvalue weighted by atomic mass is 10.2. The molecule has 2 rings (SSSR count). The van der Waals surface area contributed by atoms with Crippen LogP contribution in [0.4, 0.5) is 11.5 Å². The summed E-state index contributed by atoms with van der Waals surface area (Å²) >= 11 is 0. The Kier molecular flexibility index (Phi) is 4.27. The van der Waals surface area contributed by atoms with Crippen LogP contribution in [0.2, 0.25) is 0 Å². The van der Waals surface area contributed by atoms with E-state index in [1.165, 1.54) is 6.33 Å². The molecule has 4 N–H and O–H groups in total. The van der Waals surface area contributed by atoms with Crippen molar-refractivity contribution < 1.29 is 9.84 Å². The van der Waals surface area contributed by atoms with Gasteiger partial charge >= 0.3 is 0 Å². The van der Waals surface area contributed by atoms with Gasteiger partial charge in [-0.15, -0.1) is 0 Å². The summed E-state index contributed by atoms with van der Waals surface area (Å²) in [6, 6.07) is 5.51. The van der Waals surface area contributed by atoms with E-state index in [1.807, 2.05) is 18.2 Å². The minimum absolute atomic E-state index is 0.0347. The molecule has 2 aromatic rings. The molecule has 18 heavy (non-hydrogen) atoms. The van der Waals surface area contributed by atoms with Crippen LogP contribution in [-0.2, 0) is 4.74 Å². The summed E-state index contributed by atoms with van der Waals surface area (Å²) < 4.78 is 5.16. The second-order valence-corrected chi connectivity index (χ2v) is 3.76. The van der Waals surface area contributed by atoms with Crippen molar-refractivity contribution in [3.05, 3.63) is 24.5 Å². The van der Waals surface area contributed by atoms with Crippen LogP contribution in [0.3, 0.4) is 0 Å². The van der Waals surface area contributed by atoms with Crippen LogP contribution in [0.5, 0.6) is 0 Å². The number of fused-ring (bicyclic) bond motifs is 1. The summed E-state index contributed by atoms with van der Waals surface area (Å²) in [5, 5.41) is 12.6. The molecular formula is C12H16N4O2. The Labute approximate surface area is 105 Å². The average molecular weight is 248 g/mol. The van der Waals surface area contributed by atoms with Crippen LogP contribution < -0.4 is 11.1 Å². The van der Waals surface area contributed by atoms with Crippen molar-refractivity contribution in [1.29, 1.82) is 0 Å². The molecule has 0 fully saturated rings. The molecule has 0 saturated heterocycles. The van der Waals surface area contributed by atoms with Crippen LogP contribution in [-0.4, -0.2) is 41.4 Å². The molecule has 0 atom stereocenters. The van der Waals surface area contributed by atoms with E-state index >= 15 is 0 Å². The molecule has 6 nitrogen and oxygen atoms in total. The first-order valence-corrected chi connectivity index (χ1v) is 5.74. The van der Waals surface area contributed by atoms with Gasteiger partial charge in [0.1, 0.15) is 12.1 Å². The number of hydrogen-bond acceptors (Lipinski definition) is 6. The quantitative estimate of drug-likeness (QED) is 0.513. The van der Waals surface area contributed by atoms with Gasteiger partial charge in [0, 0.05) is 17.6 Å². The molecule has 0 bridgehead atoms. The van der Waals surface area contributed by atoms with Crippen LogP contribution in [0.1, 0.15) is 0 Å². The Morgan fingerprint density at radius 1 is 1.28 bits per heavy atom. The van der Waals surface area contributed by atoms with Crippen LogP contribution in [0, 0.1) is 0 Å². The minimum atomic E-state index is 0.0347. The second-order valence-electron chi connectivity index (χ2n) is 3.76. The van der Waals surface area contributed by atoms with Gasteiger partial charge < -0.3 is 20.9 Å². The summed E-state index contributed by atoms with van der Waals surface area (Å²) in [5.74, 6) is 0.736. The zero-order valence-electron chi connectivity index (χ0n) is 9.97. The Morgan fingerprint density at radius 2 is 2.17 bits per heavy atom. The highest BCUT2D eigenvalue weighted by Crippen LogP contribution is 2.21. The Hall–Kier alpha value is -1.92. The topological polar surface area (TPSA) is 93.3 Å². The van der Waals surface area contributed by atoms with Gasteiger partial charge in [-0.05, 0) is 18.2 Å². The molecule has 1 aromatic carbocycles. The van der Waals surface area contributed by atoms with Gasteiger partial charge in [-0.1, -0.05) is 0 Å². The largest absolute Gasteiger partial charge is 0.399 e. The Morgan fingerprint density at radius 3 is 3.00 bits per heavy atom. The highest BCUT2D eigenvalue weighted by atomic mass is 16.5. The number of hydrogen-bond donors (Lipinski definition) is 3. The summed E-state index contributed by atoms with van der Waals surface area (Å²) in [6.07, 6.45) is 1.51. The van der Waals surface area contributed by atoms with Crippen molar-refractivity contribution >= 4 is 22.4 Å². The monoisotopic (exact) mass is 248 g/mol. The normalized spacial score (nSPS) is 10.7. The zero-order valence-corrected chi connectivity index (χ0v) is 9.97. The molecule has 0 saturated carbocycles. The van der Waals surface area contributed by atoms with Crippen molar-refractivity contribution in [2.45, 2.75) is 0 Å². The number of anilines is 2. The number of ether oxygens (including phenoxy) is 1. The second kappa shape index (κ2) is 6.13. The van der Waals surface area contributed by atoms with Gasteiger partial charge in [-0.25, -0.2) is 9.97 Å².